The van der Waals surface area contributed by atoms with E-state index in [0.29, 0.717) is 30.6 Å². The number of rotatable bonds is 13. The predicted octanol–water partition coefficient (Wildman–Crippen LogP) is 4.10. The maximum Gasteiger partial charge on any atom is 0.261 e. The highest BCUT2D eigenvalue weighted by molar-refractivity contribution is 6.21. The van der Waals surface area contributed by atoms with Gasteiger partial charge in [0.2, 0.25) is 5.91 Å². The van der Waals surface area contributed by atoms with E-state index in [2.05, 4.69) is 11.9 Å². The first kappa shape index (κ1) is 20.9. The molecule has 0 aromatic heterocycles. The zero-order chi connectivity index (χ0) is 19.5. The molecule has 1 aromatic carbocycles. The van der Waals surface area contributed by atoms with Crippen LogP contribution in [0.3, 0.4) is 0 Å². The molecule has 0 saturated carbocycles. The smallest absolute Gasteiger partial charge is 0.261 e. The molecule has 0 radical (unpaired) electrons. The second-order valence-electron chi connectivity index (χ2n) is 6.98. The molecule has 1 aliphatic rings. The normalized spacial score (nSPS) is 13.0. The van der Waals surface area contributed by atoms with E-state index in [1.165, 1.54) is 11.3 Å². The van der Waals surface area contributed by atoms with Gasteiger partial charge in [0.05, 0.1) is 11.1 Å². The summed E-state index contributed by atoms with van der Waals surface area (Å²) < 4.78 is 0. The van der Waals surface area contributed by atoms with E-state index < -0.39 is 0 Å². The highest BCUT2D eigenvalue weighted by Crippen LogP contribution is 2.23. The zero-order valence-corrected chi connectivity index (χ0v) is 16.0. The van der Waals surface area contributed by atoms with Crippen LogP contribution in [0, 0.1) is 0 Å². The molecule has 0 atom stereocenters. The van der Waals surface area contributed by atoms with Crippen molar-refractivity contribution >= 4 is 17.7 Å². The lowest BCUT2D eigenvalue weighted by Crippen LogP contribution is -2.30. The molecule has 0 saturated heterocycles. The monoisotopic (exact) mass is 370 g/mol. The second-order valence-corrected chi connectivity index (χ2v) is 6.98. The third-order valence-electron chi connectivity index (χ3n) is 4.86. The van der Waals surface area contributed by atoms with Gasteiger partial charge in [-0.25, -0.2) is 0 Å². The number of imide groups is 1. The summed E-state index contributed by atoms with van der Waals surface area (Å²) in [6, 6.07) is 7.03. The van der Waals surface area contributed by atoms with Crippen LogP contribution in [-0.4, -0.2) is 35.7 Å². The van der Waals surface area contributed by atoms with Crippen LogP contribution in [0.5, 0.6) is 0 Å². The number of amides is 3. The molecule has 146 valence electrons. The predicted molar refractivity (Wildman–Crippen MR) is 107 cm³/mol. The van der Waals surface area contributed by atoms with Gasteiger partial charge < -0.3 is 5.32 Å². The van der Waals surface area contributed by atoms with E-state index in [-0.39, 0.29) is 17.7 Å². The van der Waals surface area contributed by atoms with Gasteiger partial charge in [0.25, 0.3) is 11.8 Å². The van der Waals surface area contributed by atoms with Crippen molar-refractivity contribution in [1.29, 1.82) is 0 Å². The van der Waals surface area contributed by atoms with Crippen molar-refractivity contribution in [2.75, 3.05) is 13.1 Å². The summed E-state index contributed by atoms with van der Waals surface area (Å²) >= 11 is 0. The molecule has 0 fully saturated rings. The van der Waals surface area contributed by atoms with Gasteiger partial charge in [0.15, 0.2) is 0 Å². The van der Waals surface area contributed by atoms with Gasteiger partial charge in [-0.15, -0.1) is 6.58 Å². The number of carbonyl (C=O) groups excluding carboxylic acids is 3. The number of unbranched alkanes of at least 4 members (excludes halogenated alkanes) is 7. The molecule has 27 heavy (non-hydrogen) atoms. The Hall–Kier alpha value is -2.43. The third-order valence-corrected chi connectivity index (χ3v) is 4.86. The van der Waals surface area contributed by atoms with Gasteiger partial charge in [-0.05, 0) is 25.0 Å². The Bertz CT molecular complexity index is 634. The van der Waals surface area contributed by atoms with E-state index in [9.17, 15) is 14.4 Å². The van der Waals surface area contributed by atoms with Gasteiger partial charge in [-0.3, -0.25) is 19.3 Å². The molecule has 1 aromatic rings. The SMILES string of the molecule is C=CCNC(=O)CCCCCCCCCCN1C(=O)c2ccccc2C1=O. The Kier molecular flexibility index (Phi) is 8.75. The van der Waals surface area contributed by atoms with Gasteiger partial charge in [0, 0.05) is 19.5 Å². The van der Waals surface area contributed by atoms with Crippen molar-refractivity contribution in [3.8, 4) is 0 Å². The highest BCUT2D eigenvalue weighted by atomic mass is 16.2. The average Bonchev–Trinajstić information content (AvgIpc) is 2.92. The van der Waals surface area contributed by atoms with Crippen LogP contribution in [0.1, 0.15) is 78.5 Å². The second kappa shape index (κ2) is 11.3. The summed E-state index contributed by atoms with van der Waals surface area (Å²) in [5, 5.41) is 2.78. The van der Waals surface area contributed by atoms with Crippen LogP contribution in [0.15, 0.2) is 36.9 Å². The number of fused-ring (bicyclic) bond motifs is 1. The minimum Gasteiger partial charge on any atom is -0.353 e. The number of carbonyl (C=O) groups is 3. The lowest BCUT2D eigenvalue weighted by molar-refractivity contribution is -0.121. The molecule has 3 amide bonds. The first-order valence-corrected chi connectivity index (χ1v) is 9.98. The fourth-order valence-electron chi connectivity index (χ4n) is 3.33. The van der Waals surface area contributed by atoms with Crippen molar-refractivity contribution in [1.82, 2.24) is 10.2 Å². The largest absolute Gasteiger partial charge is 0.353 e. The number of hydrogen-bond acceptors (Lipinski definition) is 3. The highest BCUT2D eigenvalue weighted by Gasteiger charge is 2.34. The van der Waals surface area contributed by atoms with Crippen molar-refractivity contribution < 1.29 is 14.4 Å². The molecule has 0 bridgehead atoms. The summed E-state index contributed by atoms with van der Waals surface area (Å²) in [6.45, 7) is 4.62. The molecule has 1 aliphatic heterocycles. The quantitative estimate of drug-likeness (QED) is 0.323. The lowest BCUT2D eigenvalue weighted by Gasteiger charge is -2.13. The van der Waals surface area contributed by atoms with Crippen LogP contribution >= 0.6 is 0 Å². The van der Waals surface area contributed by atoms with Crippen molar-refractivity contribution in [2.24, 2.45) is 0 Å². The number of benzene rings is 1. The Morgan fingerprint density at radius 1 is 0.889 bits per heavy atom. The summed E-state index contributed by atoms with van der Waals surface area (Å²) in [4.78, 5) is 37.3. The molecule has 2 rings (SSSR count). The third kappa shape index (κ3) is 6.35. The molecule has 1 N–H and O–H groups in total. The van der Waals surface area contributed by atoms with Gasteiger partial charge >= 0.3 is 0 Å². The summed E-state index contributed by atoms with van der Waals surface area (Å²) in [5.41, 5.74) is 1.06. The Labute approximate surface area is 161 Å². The fourth-order valence-corrected chi connectivity index (χ4v) is 3.33. The van der Waals surface area contributed by atoms with E-state index in [4.69, 9.17) is 0 Å². The average molecular weight is 370 g/mol. The molecular weight excluding hydrogens is 340 g/mol. The topological polar surface area (TPSA) is 66.5 Å². The molecule has 0 unspecified atom stereocenters. The minimum atomic E-state index is -0.160. The Morgan fingerprint density at radius 2 is 1.41 bits per heavy atom. The van der Waals surface area contributed by atoms with Crippen LogP contribution in [0.25, 0.3) is 0 Å². The summed E-state index contributed by atoms with van der Waals surface area (Å²) in [5.74, 6) is -0.219. The minimum absolute atomic E-state index is 0.100. The molecule has 5 nitrogen and oxygen atoms in total. The van der Waals surface area contributed by atoms with E-state index >= 15 is 0 Å². The van der Waals surface area contributed by atoms with Gasteiger partial charge in [0.1, 0.15) is 0 Å². The van der Waals surface area contributed by atoms with Crippen molar-refractivity contribution in [3.63, 3.8) is 0 Å². The number of nitrogens with one attached hydrogen (secondary N) is 1. The Balaban J connectivity index is 1.48. The molecule has 0 aliphatic carbocycles. The molecule has 5 heteroatoms. The number of nitrogens with zero attached hydrogens (tertiary/aromatic N) is 1. The molecule has 0 spiro atoms. The Morgan fingerprint density at radius 3 is 1.96 bits per heavy atom. The summed E-state index contributed by atoms with van der Waals surface area (Å²) in [6.07, 6.45) is 10.8. The van der Waals surface area contributed by atoms with E-state index in [1.54, 1.807) is 30.3 Å². The zero-order valence-electron chi connectivity index (χ0n) is 16.0. The molecule has 1 heterocycles. The van der Waals surface area contributed by atoms with Crippen LogP contribution in [0.2, 0.25) is 0 Å². The first-order valence-electron chi connectivity index (χ1n) is 9.98. The fraction of sp³-hybridized carbons (Fsp3) is 0.500. The van der Waals surface area contributed by atoms with Crippen LogP contribution < -0.4 is 5.32 Å². The van der Waals surface area contributed by atoms with Crippen molar-refractivity contribution in [3.05, 3.63) is 48.0 Å². The standard InChI is InChI=1S/C22H30N2O3/c1-2-16-23-20(25)15-9-7-5-3-4-6-8-12-17-24-21(26)18-13-10-11-14-19(18)22(24)27/h2,10-11,13-14H,1,3-9,12,15-17H2,(H,23,25). The summed E-state index contributed by atoms with van der Waals surface area (Å²) in [7, 11) is 0. The van der Waals surface area contributed by atoms with Crippen LogP contribution in [0.4, 0.5) is 0 Å². The first-order chi connectivity index (χ1) is 13.1. The number of hydrogen-bond donors (Lipinski definition) is 1. The van der Waals surface area contributed by atoms with E-state index in [0.717, 1.165) is 44.9 Å². The van der Waals surface area contributed by atoms with Crippen molar-refractivity contribution in [2.45, 2.75) is 57.8 Å². The maximum absolute atomic E-state index is 12.3. The molecular formula is C22H30N2O3. The van der Waals surface area contributed by atoms with Gasteiger partial charge in [-0.1, -0.05) is 56.7 Å². The maximum atomic E-state index is 12.3. The lowest BCUT2D eigenvalue weighted by atomic mass is 10.1. The van der Waals surface area contributed by atoms with Crippen LogP contribution in [-0.2, 0) is 4.79 Å². The van der Waals surface area contributed by atoms with E-state index in [1.807, 2.05) is 0 Å². The van der Waals surface area contributed by atoms with Gasteiger partial charge in [-0.2, -0.15) is 0 Å².